The van der Waals surface area contributed by atoms with Crippen molar-refractivity contribution in [3.05, 3.63) is 46.2 Å². The lowest BCUT2D eigenvalue weighted by molar-refractivity contribution is 0.475. The van der Waals surface area contributed by atoms with Gasteiger partial charge in [0.15, 0.2) is 0 Å². The molecule has 4 N–H and O–H groups in total. The van der Waals surface area contributed by atoms with Crippen LogP contribution in [0.3, 0.4) is 0 Å². The molecule has 0 aliphatic heterocycles. The highest BCUT2D eigenvalue weighted by Crippen LogP contribution is 2.18. The van der Waals surface area contributed by atoms with Gasteiger partial charge in [-0.05, 0) is 42.1 Å². The van der Waals surface area contributed by atoms with E-state index in [-0.39, 0.29) is 0 Å². The summed E-state index contributed by atoms with van der Waals surface area (Å²) in [5.74, 6) is 0.313. The molecule has 17 heavy (non-hydrogen) atoms. The van der Waals surface area contributed by atoms with E-state index in [4.69, 9.17) is 10.8 Å². The van der Waals surface area contributed by atoms with Crippen molar-refractivity contribution in [2.75, 3.05) is 12.3 Å². The van der Waals surface area contributed by atoms with Crippen LogP contribution in [0.2, 0.25) is 0 Å². The molecule has 0 atom stereocenters. The number of nitrogens with two attached hydrogens (primary N) is 1. The number of hydrogen-bond acceptors (Lipinski definition) is 4. The van der Waals surface area contributed by atoms with Gasteiger partial charge in [0.05, 0.1) is 0 Å². The van der Waals surface area contributed by atoms with Crippen LogP contribution in [-0.2, 0) is 13.0 Å². The molecule has 1 aromatic carbocycles. The number of benzene rings is 1. The molecule has 1 aromatic heterocycles. The Morgan fingerprint density at radius 3 is 2.59 bits per heavy atom. The van der Waals surface area contributed by atoms with Crippen molar-refractivity contribution in [2.24, 2.45) is 0 Å². The maximum atomic E-state index is 9.16. The van der Waals surface area contributed by atoms with Crippen LogP contribution in [0.15, 0.2) is 35.7 Å². The van der Waals surface area contributed by atoms with E-state index >= 15 is 0 Å². The fraction of sp³-hybridized carbons (Fsp3) is 0.231. The molecule has 0 aliphatic rings. The van der Waals surface area contributed by atoms with Crippen molar-refractivity contribution in [1.29, 1.82) is 0 Å². The van der Waals surface area contributed by atoms with Gasteiger partial charge in [-0.15, -0.1) is 11.3 Å². The quantitative estimate of drug-likeness (QED) is 0.712. The van der Waals surface area contributed by atoms with E-state index in [1.807, 2.05) is 23.6 Å². The summed E-state index contributed by atoms with van der Waals surface area (Å²) in [5, 5.41) is 14.5. The zero-order valence-electron chi connectivity index (χ0n) is 9.52. The third-order valence-corrected chi connectivity index (χ3v) is 3.53. The Bertz CT molecular complexity index is 465. The lowest BCUT2D eigenvalue weighted by Gasteiger charge is -2.04. The van der Waals surface area contributed by atoms with E-state index in [0.29, 0.717) is 5.75 Å². The number of nitrogen functional groups attached to an aromatic ring is 1. The summed E-state index contributed by atoms with van der Waals surface area (Å²) < 4.78 is 0. The molecule has 90 valence electrons. The number of rotatable bonds is 5. The smallest absolute Gasteiger partial charge is 0.115 e. The first-order valence-electron chi connectivity index (χ1n) is 5.56. The van der Waals surface area contributed by atoms with Crippen LogP contribution in [0, 0.1) is 0 Å². The summed E-state index contributed by atoms with van der Waals surface area (Å²) in [6, 6.07) is 9.24. The number of hydrogen-bond donors (Lipinski definition) is 3. The Kier molecular flexibility index (Phi) is 4.01. The van der Waals surface area contributed by atoms with E-state index in [1.165, 1.54) is 10.4 Å². The molecule has 4 heteroatoms. The molecular formula is C13H16N2OS. The van der Waals surface area contributed by atoms with Gasteiger partial charge in [0.2, 0.25) is 0 Å². The minimum Gasteiger partial charge on any atom is -0.508 e. The van der Waals surface area contributed by atoms with Gasteiger partial charge in [-0.25, -0.2) is 0 Å². The average molecular weight is 248 g/mol. The van der Waals surface area contributed by atoms with Crippen molar-refractivity contribution in [3.63, 3.8) is 0 Å². The molecule has 0 unspecified atom stereocenters. The van der Waals surface area contributed by atoms with Gasteiger partial charge in [0.25, 0.3) is 0 Å². The van der Waals surface area contributed by atoms with Crippen LogP contribution in [0.4, 0.5) is 5.69 Å². The van der Waals surface area contributed by atoms with Gasteiger partial charge >= 0.3 is 0 Å². The minimum atomic E-state index is 0.313. The molecular weight excluding hydrogens is 232 g/mol. The van der Waals surface area contributed by atoms with E-state index in [2.05, 4.69) is 5.32 Å². The summed E-state index contributed by atoms with van der Waals surface area (Å²) in [4.78, 5) is 1.19. The molecule has 3 nitrogen and oxygen atoms in total. The Labute approximate surface area is 105 Å². The molecule has 2 aromatic rings. The largest absolute Gasteiger partial charge is 0.508 e. The van der Waals surface area contributed by atoms with Crippen LogP contribution in [0.5, 0.6) is 5.75 Å². The SMILES string of the molecule is Nc1ccsc1CNCCc1ccc(O)cc1. The predicted molar refractivity (Wildman–Crippen MR) is 72.2 cm³/mol. The topological polar surface area (TPSA) is 58.3 Å². The summed E-state index contributed by atoms with van der Waals surface area (Å²) >= 11 is 1.68. The molecule has 0 saturated carbocycles. The fourth-order valence-corrected chi connectivity index (χ4v) is 2.36. The van der Waals surface area contributed by atoms with Crippen LogP contribution in [0.25, 0.3) is 0 Å². The lowest BCUT2D eigenvalue weighted by atomic mass is 10.1. The second-order valence-corrected chi connectivity index (χ2v) is 4.89. The summed E-state index contributed by atoms with van der Waals surface area (Å²) in [6.07, 6.45) is 0.950. The van der Waals surface area contributed by atoms with Crippen LogP contribution in [-0.4, -0.2) is 11.7 Å². The second-order valence-electron chi connectivity index (χ2n) is 3.89. The average Bonchev–Trinajstić information content (AvgIpc) is 2.73. The van der Waals surface area contributed by atoms with Crippen LogP contribution >= 0.6 is 11.3 Å². The van der Waals surface area contributed by atoms with E-state index < -0.39 is 0 Å². The van der Waals surface area contributed by atoms with Crippen molar-refractivity contribution in [2.45, 2.75) is 13.0 Å². The number of nitrogens with one attached hydrogen (secondary N) is 1. The molecule has 0 saturated heterocycles. The van der Waals surface area contributed by atoms with E-state index in [1.54, 1.807) is 23.5 Å². The standard InChI is InChI=1S/C13H16N2OS/c14-12-6-8-17-13(12)9-15-7-5-10-1-3-11(16)4-2-10/h1-4,6,8,15-16H,5,7,9,14H2. The van der Waals surface area contributed by atoms with Gasteiger partial charge in [-0.3, -0.25) is 0 Å². The van der Waals surface area contributed by atoms with Gasteiger partial charge in [-0.1, -0.05) is 12.1 Å². The molecule has 2 rings (SSSR count). The Hall–Kier alpha value is -1.52. The third-order valence-electron chi connectivity index (χ3n) is 2.59. The van der Waals surface area contributed by atoms with Crippen LogP contribution in [0.1, 0.15) is 10.4 Å². The summed E-state index contributed by atoms with van der Waals surface area (Å²) in [6.45, 7) is 1.73. The number of aromatic hydroxyl groups is 1. The van der Waals surface area contributed by atoms with Gasteiger partial charge in [0.1, 0.15) is 5.75 Å². The molecule has 0 bridgehead atoms. The lowest BCUT2D eigenvalue weighted by Crippen LogP contribution is -2.16. The van der Waals surface area contributed by atoms with Gasteiger partial charge < -0.3 is 16.2 Å². The zero-order chi connectivity index (χ0) is 12.1. The number of phenolic OH excluding ortho intramolecular Hbond substituents is 1. The van der Waals surface area contributed by atoms with Crippen molar-refractivity contribution in [3.8, 4) is 5.75 Å². The summed E-state index contributed by atoms with van der Waals surface area (Å²) in [7, 11) is 0. The molecule has 0 aliphatic carbocycles. The second kappa shape index (κ2) is 5.70. The maximum Gasteiger partial charge on any atom is 0.115 e. The van der Waals surface area contributed by atoms with Gasteiger partial charge in [-0.2, -0.15) is 0 Å². The highest BCUT2D eigenvalue weighted by atomic mass is 32.1. The maximum absolute atomic E-state index is 9.16. The Morgan fingerprint density at radius 2 is 1.94 bits per heavy atom. The first kappa shape index (κ1) is 12.0. The number of anilines is 1. The third kappa shape index (κ3) is 3.47. The molecule has 0 fully saturated rings. The zero-order valence-corrected chi connectivity index (χ0v) is 10.3. The summed E-state index contributed by atoms with van der Waals surface area (Å²) in [5.41, 5.74) is 7.88. The Balaban J connectivity index is 1.73. The van der Waals surface area contributed by atoms with E-state index in [0.717, 1.165) is 25.2 Å². The first-order chi connectivity index (χ1) is 8.25. The molecule has 0 spiro atoms. The van der Waals surface area contributed by atoms with Gasteiger partial charge in [0, 0.05) is 17.1 Å². The molecule has 0 amide bonds. The van der Waals surface area contributed by atoms with Crippen LogP contribution < -0.4 is 11.1 Å². The highest BCUT2D eigenvalue weighted by molar-refractivity contribution is 7.10. The predicted octanol–water partition coefficient (Wildman–Crippen LogP) is 2.37. The minimum absolute atomic E-state index is 0.313. The monoisotopic (exact) mass is 248 g/mol. The molecule has 1 heterocycles. The first-order valence-corrected chi connectivity index (χ1v) is 6.44. The Morgan fingerprint density at radius 1 is 1.18 bits per heavy atom. The van der Waals surface area contributed by atoms with E-state index in [9.17, 15) is 0 Å². The number of thiophene rings is 1. The molecule has 0 radical (unpaired) electrons. The number of phenols is 1. The fourth-order valence-electron chi connectivity index (χ4n) is 1.59. The van der Waals surface area contributed by atoms with Crippen molar-refractivity contribution < 1.29 is 5.11 Å². The highest BCUT2D eigenvalue weighted by Gasteiger charge is 1.99. The van der Waals surface area contributed by atoms with Crippen molar-refractivity contribution in [1.82, 2.24) is 5.32 Å². The van der Waals surface area contributed by atoms with Crippen molar-refractivity contribution >= 4 is 17.0 Å². The normalized spacial score (nSPS) is 10.6.